The summed E-state index contributed by atoms with van der Waals surface area (Å²) in [6.07, 6.45) is 2.22. The Morgan fingerprint density at radius 1 is 1.09 bits per heavy atom. The number of aryl methyl sites for hydroxylation is 1. The molecule has 0 atom stereocenters. The van der Waals surface area contributed by atoms with E-state index < -0.39 is 0 Å². The van der Waals surface area contributed by atoms with Gasteiger partial charge in [0.15, 0.2) is 0 Å². The standard InChI is InChI=1S/C19H21NOS/c1-16-7-2-3-10-19(16)21-11-4-5-12-22-15-18-9-6-8-17(13-18)14-20/h2-3,6-10,13H,4-5,11-12,15H2,1H3. The Balaban J connectivity index is 1.58. The molecular formula is C19H21NOS. The molecule has 2 aromatic rings. The topological polar surface area (TPSA) is 33.0 Å². The molecular weight excluding hydrogens is 290 g/mol. The van der Waals surface area contributed by atoms with Crippen molar-refractivity contribution in [2.24, 2.45) is 0 Å². The zero-order valence-electron chi connectivity index (χ0n) is 12.9. The minimum absolute atomic E-state index is 0.740. The summed E-state index contributed by atoms with van der Waals surface area (Å²) in [4.78, 5) is 0. The molecule has 0 radical (unpaired) electrons. The first kappa shape index (κ1) is 16.5. The van der Waals surface area contributed by atoms with Crippen molar-refractivity contribution < 1.29 is 4.74 Å². The molecule has 2 aromatic carbocycles. The Labute approximate surface area is 137 Å². The molecule has 0 saturated heterocycles. The van der Waals surface area contributed by atoms with E-state index in [1.807, 2.05) is 48.2 Å². The van der Waals surface area contributed by atoms with Crippen LogP contribution in [0.15, 0.2) is 48.5 Å². The third-order valence-corrected chi connectivity index (χ3v) is 4.47. The first-order valence-electron chi connectivity index (χ1n) is 7.55. The summed E-state index contributed by atoms with van der Waals surface area (Å²) in [5.74, 6) is 3.07. The minimum Gasteiger partial charge on any atom is -0.493 e. The molecule has 114 valence electrons. The van der Waals surface area contributed by atoms with Gasteiger partial charge < -0.3 is 4.74 Å². The predicted molar refractivity (Wildman–Crippen MR) is 93.2 cm³/mol. The first-order chi connectivity index (χ1) is 10.8. The number of para-hydroxylation sites is 1. The molecule has 0 bridgehead atoms. The van der Waals surface area contributed by atoms with E-state index >= 15 is 0 Å². The minimum atomic E-state index is 0.740. The van der Waals surface area contributed by atoms with Gasteiger partial charge in [-0.1, -0.05) is 30.3 Å². The van der Waals surface area contributed by atoms with E-state index in [0.29, 0.717) is 0 Å². The lowest BCUT2D eigenvalue weighted by atomic mass is 10.2. The number of rotatable bonds is 8. The number of nitrogens with zero attached hydrogens (tertiary/aromatic N) is 1. The third-order valence-electron chi connectivity index (χ3n) is 3.36. The Kier molecular flexibility index (Phi) is 6.86. The Bertz CT molecular complexity index is 633. The van der Waals surface area contributed by atoms with Crippen LogP contribution in [-0.2, 0) is 5.75 Å². The number of benzene rings is 2. The van der Waals surface area contributed by atoms with Crippen LogP contribution in [0.1, 0.15) is 29.5 Å². The van der Waals surface area contributed by atoms with E-state index in [1.165, 1.54) is 11.1 Å². The molecule has 0 aromatic heterocycles. The summed E-state index contributed by atoms with van der Waals surface area (Å²) in [6.45, 7) is 2.84. The molecule has 0 aliphatic carbocycles. The van der Waals surface area contributed by atoms with Crippen LogP contribution in [0.4, 0.5) is 0 Å². The maximum atomic E-state index is 8.87. The second-order valence-corrected chi connectivity index (χ2v) is 6.29. The van der Waals surface area contributed by atoms with Gasteiger partial charge in [0.25, 0.3) is 0 Å². The van der Waals surface area contributed by atoms with Crippen molar-refractivity contribution in [1.29, 1.82) is 5.26 Å². The molecule has 3 heteroatoms. The molecule has 0 spiro atoms. The van der Waals surface area contributed by atoms with Crippen LogP contribution >= 0.6 is 11.8 Å². The fourth-order valence-corrected chi connectivity index (χ4v) is 3.10. The number of thioether (sulfide) groups is 1. The van der Waals surface area contributed by atoms with Gasteiger partial charge in [-0.25, -0.2) is 0 Å². The molecule has 0 saturated carbocycles. The second-order valence-electron chi connectivity index (χ2n) is 5.19. The van der Waals surface area contributed by atoms with Gasteiger partial charge in [-0.15, -0.1) is 0 Å². The van der Waals surface area contributed by atoms with Crippen molar-refractivity contribution in [3.05, 3.63) is 65.2 Å². The van der Waals surface area contributed by atoms with E-state index in [1.54, 1.807) is 0 Å². The predicted octanol–water partition coefficient (Wildman–Crippen LogP) is 4.96. The molecule has 0 fully saturated rings. The number of nitriles is 1. The average Bonchev–Trinajstić information content (AvgIpc) is 2.56. The zero-order chi connectivity index (χ0) is 15.6. The van der Waals surface area contributed by atoms with Crippen molar-refractivity contribution in [3.63, 3.8) is 0 Å². The Morgan fingerprint density at radius 2 is 1.95 bits per heavy atom. The Morgan fingerprint density at radius 3 is 2.77 bits per heavy atom. The van der Waals surface area contributed by atoms with E-state index in [4.69, 9.17) is 10.00 Å². The maximum Gasteiger partial charge on any atom is 0.122 e. The van der Waals surface area contributed by atoms with Crippen molar-refractivity contribution in [2.45, 2.75) is 25.5 Å². The van der Waals surface area contributed by atoms with Crippen molar-refractivity contribution in [1.82, 2.24) is 0 Å². The highest BCUT2D eigenvalue weighted by molar-refractivity contribution is 7.98. The summed E-state index contributed by atoms with van der Waals surface area (Å²) in [6, 6.07) is 18.1. The van der Waals surface area contributed by atoms with Crippen LogP contribution in [-0.4, -0.2) is 12.4 Å². The summed E-state index contributed by atoms with van der Waals surface area (Å²) >= 11 is 1.91. The van der Waals surface area contributed by atoms with Crippen LogP contribution in [0.3, 0.4) is 0 Å². The fraction of sp³-hybridized carbons (Fsp3) is 0.316. The fourth-order valence-electron chi connectivity index (χ4n) is 2.13. The lowest BCUT2D eigenvalue weighted by Gasteiger charge is -2.08. The lowest BCUT2D eigenvalue weighted by Crippen LogP contribution is -1.99. The number of ether oxygens (including phenoxy) is 1. The van der Waals surface area contributed by atoms with E-state index in [-0.39, 0.29) is 0 Å². The van der Waals surface area contributed by atoms with E-state index in [2.05, 4.69) is 25.1 Å². The number of hydrogen-bond donors (Lipinski definition) is 0. The lowest BCUT2D eigenvalue weighted by molar-refractivity contribution is 0.308. The normalized spacial score (nSPS) is 10.2. The van der Waals surface area contributed by atoms with Gasteiger partial charge in [-0.2, -0.15) is 17.0 Å². The number of hydrogen-bond acceptors (Lipinski definition) is 3. The van der Waals surface area contributed by atoms with Crippen LogP contribution in [0.2, 0.25) is 0 Å². The van der Waals surface area contributed by atoms with E-state index in [9.17, 15) is 0 Å². The van der Waals surface area contributed by atoms with Gasteiger partial charge in [0.2, 0.25) is 0 Å². The third kappa shape index (κ3) is 5.46. The molecule has 0 N–H and O–H groups in total. The molecule has 0 heterocycles. The second kappa shape index (κ2) is 9.17. The van der Waals surface area contributed by atoms with Gasteiger partial charge in [0.05, 0.1) is 18.2 Å². The summed E-state index contributed by atoms with van der Waals surface area (Å²) in [5, 5.41) is 8.87. The first-order valence-corrected chi connectivity index (χ1v) is 8.70. The summed E-state index contributed by atoms with van der Waals surface area (Å²) in [7, 11) is 0. The van der Waals surface area contributed by atoms with Gasteiger partial charge in [-0.3, -0.25) is 0 Å². The molecule has 0 aliphatic heterocycles. The maximum absolute atomic E-state index is 8.87. The van der Waals surface area contributed by atoms with Gasteiger partial charge >= 0.3 is 0 Å². The molecule has 0 aliphatic rings. The van der Waals surface area contributed by atoms with Gasteiger partial charge in [0, 0.05) is 5.75 Å². The van der Waals surface area contributed by atoms with Crippen molar-refractivity contribution >= 4 is 11.8 Å². The Hall–Kier alpha value is -1.92. The summed E-state index contributed by atoms with van der Waals surface area (Å²) < 4.78 is 5.79. The molecule has 0 unspecified atom stereocenters. The molecule has 22 heavy (non-hydrogen) atoms. The highest BCUT2D eigenvalue weighted by Crippen LogP contribution is 2.18. The SMILES string of the molecule is Cc1ccccc1OCCCCSCc1cccc(C#N)c1. The summed E-state index contributed by atoms with van der Waals surface area (Å²) in [5.41, 5.74) is 3.15. The van der Waals surface area contributed by atoms with Crippen molar-refractivity contribution in [3.8, 4) is 11.8 Å². The van der Waals surface area contributed by atoms with Crippen LogP contribution in [0.25, 0.3) is 0 Å². The highest BCUT2D eigenvalue weighted by Gasteiger charge is 1.99. The van der Waals surface area contributed by atoms with E-state index in [0.717, 1.165) is 42.3 Å². The average molecular weight is 311 g/mol. The van der Waals surface area contributed by atoms with Gasteiger partial charge in [0.1, 0.15) is 5.75 Å². The molecule has 2 nitrogen and oxygen atoms in total. The number of unbranched alkanes of at least 4 members (excludes halogenated alkanes) is 1. The highest BCUT2D eigenvalue weighted by atomic mass is 32.2. The van der Waals surface area contributed by atoms with Crippen LogP contribution in [0, 0.1) is 18.3 Å². The molecule has 0 amide bonds. The molecule has 2 rings (SSSR count). The van der Waals surface area contributed by atoms with Crippen molar-refractivity contribution in [2.75, 3.05) is 12.4 Å². The zero-order valence-corrected chi connectivity index (χ0v) is 13.7. The smallest absolute Gasteiger partial charge is 0.122 e. The van der Waals surface area contributed by atoms with Crippen LogP contribution in [0.5, 0.6) is 5.75 Å². The van der Waals surface area contributed by atoms with Gasteiger partial charge in [-0.05, 0) is 54.8 Å². The quantitative estimate of drug-likeness (QED) is 0.646. The monoisotopic (exact) mass is 311 g/mol. The largest absolute Gasteiger partial charge is 0.493 e. The van der Waals surface area contributed by atoms with Crippen LogP contribution < -0.4 is 4.74 Å².